The molecule has 1 aromatic heterocycles. The van der Waals surface area contributed by atoms with Gasteiger partial charge in [0, 0.05) is 14.7 Å². The molecular formula is C16H11Br2FS. The van der Waals surface area contributed by atoms with Crippen LogP contribution in [-0.4, -0.2) is 0 Å². The molecule has 0 aliphatic rings. The molecule has 0 aliphatic heterocycles. The van der Waals surface area contributed by atoms with Crippen LogP contribution in [0.25, 0.3) is 10.1 Å². The van der Waals surface area contributed by atoms with E-state index < -0.39 is 0 Å². The van der Waals surface area contributed by atoms with Crippen molar-refractivity contribution in [2.24, 2.45) is 0 Å². The molecule has 3 aromatic rings. The lowest BCUT2D eigenvalue weighted by atomic mass is 10.0. The Kier molecular flexibility index (Phi) is 3.98. The standard InChI is InChI=1S/C16H11Br2FS/c1-9-4-2-6-11(15(9)19)14(18)12-8-20-16-10(12)5-3-7-13(16)17/h2-8,14H,1H3. The third-order valence-corrected chi connectivity index (χ3v) is 6.31. The van der Waals surface area contributed by atoms with Gasteiger partial charge in [-0.3, -0.25) is 0 Å². The van der Waals surface area contributed by atoms with E-state index in [4.69, 9.17) is 0 Å². The highest BCUT2D eigenvalue weighted by molar-refractivity contribution is 9.10. The molecule has 20 heavy (non-hydrogen) atoms. The minimum absolute atomic E-state index is 0.134. The fraction of sp³-hybridized carbons (Fsp3) is 0.125. The molecule has 0 bridgehead atoms. The Morgan fingerprint density at radius 3 is 2.65 bits per heavy atom. The van der Waals surface area contributed by atoms with Crippen LogP contribution in [-0.2, 0) is 0 Å². The van der Waals surface area contributed by atoms with Gasteiger partial charge in [0.25, 0.3) is 0 Å². The molecule has 0 aliphatic carbocycles. The van der Waals surface area contributed by atoms with E-state index in [-0.39, 0.29) is 10.6 Å². The molecule has 102 valence electrons. The van der Waals surface area contributed by atoms with E-state index in [2.05, 4.69) is 43.3 Å². The zero-order valence-corrected chi connectivity index (χ0v) is 14.6. The smallest absolute Gasteiger partial charge is 0.130 e. The summed E-state index contributed by atoms with van der Waals surface area (Å²) in [4.78, 5) is -0.134. The van der Waals surface area contributed by atoms with Gasteiger partial charge in [0.15, 0.2) is 0 Å². The SMILES string of the molecule is Cc1cccc(C(Br)c2csc3c(Br)cccc23)c1F. The zero-order valence-electron chi connectivity index (χ0n) is 10.7. The third-order valence-electron chi connectivity index (χ3n) is 3.35. The molecule has 2 aromatic carbocycles. The second-order valence-electron chi connectivity index (χ2n) is 4.65. The van der Waals surface area contributed by atoms with E-state index in [0.717, 1.165) is 15.4 Å². The highest BCUT2D eigenvalue weighted by Gasteiger charge is 2.19. The summed E-state index contributed by atoms with van der Waals surface area (Å²) in [5.74, 6) is -0.135. The normalized spacial score (nSPS) is 12.8. The number of fused-ring (bicyclic) bond motifs is 1. The second-order valence-corrected chi connectivity index (χ2v) is 7.30. The van der Waals surface area contributed by atoms with Crippen LogP contribution in [0.5, 0.6) is 0 Å². The summed E-state index contributed by atoms with van der Waals surface area (Å²) in [6.07, 6.45) is 0. The quantitative estimate of drug-likeness (QED) is 0.415. The number of alkyl halides is 1. The van der Waals surface area contributed by atoms with Crippen molar-refractivity contribution in [3.8, 4) is 0 Å². The van der Waals surface area contributed by atoms with Crippen molar-refractivity contribution in [3.63, 3.8) is 0 Å². The summed E-state index contributed by atoms with van der Waals surface area (Å²) in [7, 11) is 0. The average Bonchev–Trinajstić information content (AvgIpc) is 2.86. The summed E-state index contributed by atoms with van der Waals surface area (Å²) in [5, 5.41) is 3.25. The van der Waals surface area contributed by atoms with Gasteiger partial charge in [0.2, 0.25) is 0 Å². The van der Waals surface area contributed by atoms with Gasteiger partial charge in [0.05, 0.1) is 4.83 Å². The highest BCUT2D eigenvalue weighted by Crippen LogP contribution is 2.41. The molecule has 0 radical (unpaired) electrons. The van der Waals surface area contributed by atoms with Crippen LogP contribution in [0.15, 0.2) is 46.3 Å². The Morgan fingerprint density at radius 1 is 1.10 bits per heavy atom. The molecule has 0 saturated carbocycles. The predicted octanol–water partition coefficient (Wildman–Crippen LogP) is 6.60. The number of benzene rings is 2. The molecular weight excluding hydrogens is 403 g/mol. The van der Waals surface area contributed by atoms with Gasteiger partial charge in [-0.2, -0.15) is 0 Å². The van der Waals surface area contributed by atoms with Crippen LogP contribution in [0.1, 0.15) is 21.5 Å². The second kappa shape index (κ2) is 5.58. The van der Waals surface area contributed by atoms with Crippen molar-refractivity contribution in [3.05, 3.63) is 68.8 Å². The minimum Gasteiger partial charge on any atom is -0.206 e. The maximum Gasteiger partial charge on any atom is 0.130 e. The van der Waals surface area contributed by atoms with Gasteiger partial charge >= 0.3 is 0 Å². The number of hydrogen-bond acceptors (Lipinski definition) is 1. The van der Waals surface area contributed by atoms with Crippen LogP contribution in [0, 0.1) is 12.7 Å². The largest absolute Gasteiger partial charge is 0.206 e. The topological polar surface area (TPSA) is 0 Å². The molecule has 1 heterocycles. The Morgan fingerprint density at radius 2 is 1.85 bits per heavy atom. The van der Waals surface area contributed by atoms with E-state index in [1.54, 1.807) is 24.3 Å². The number of rotatable bonds is 2. The average molecular weight is 414 g/mol. The molecule has 4 heteroatoms. The van der Waals surface area contributed by atoms with Crippen LogP contribution < -0.4 is 0 Å². The Hall–Kier alpha value is -0.710. The zero-order chi connectivity index (χ0) is 14.3. The first-order valence-corrected chi connectivity index (χ1v) is 8.73. The van der Waals surface area contributed by atoms with Crippen LogP contribution in [0.4, 0.5) is 4.39 Å². The summed E-state index contributed by atoms with van der Waals surface area (Å²) < 4.78 is 16.6. The van der Waals surface area contributed by atoms with Crippen LogP contribution in [0.3, 0.4) is 0 Å². The molecule has 0 spiro atoms. The van der Waals surface area contributed by atoms with Gasteiger partial charge in [0.1, 0.15) is 5.82 Å². The predicted molar refractivity (Wildman–Crippen MR) is 91.4 cm³/mol. The van der Waals surface area contributed by atoms with Gasteiger partial charge in [-0.25, -0.2) is 4.39 Å². The fourth-order valence-electron chi connectivity index (χ4n) is 2.27. The lowest BCUT2D eigenvalue weighted by Gasteiger charge is -2.12. The fourth-order valence-corrected chi connectivity index (χ4v) is 4.83. The number of hydrogen-bond donors (Lipinski definition) is 0. The molecule has 0 nitrogen and oxygen atoms in total. The van der Waals surface area contributed by atoms with Crippen LogP contribution >= 0.6 is 43.2 Å². The van der Waals surface area contributed by atoms with Gasteiger partial charge in [-0.05, 0) is 50.8 Å². The van der Waals surface area contributed by atoms with Gasteiger partial charge in [-0.15, -0.1) is 11.3 Å². The lowest BCUT2D eigenvalue weighted by molar-refractivity contribution is 0.604. The first-order chi connectivity index (χ1) is 9.59. The number of halogens is 3. The minimum atomic E-state index is -0.135. The van der Waals surface area contributed by atoms with E-state index in [1.807, 2.05) is 24.3 Å². The number of thiophene rings is 1. The van der Waals surface area contributed by atoms with Crippen molar-refractivity contribution >= 4 is 53.3 Å². The maximum absolute atomic E-state index is 14.3. The lowest BCUT2D eigenvalue weighted by Crippen LogP contribution is -1.97. The first-order valence-electron chi connectivity index (χ1n) is 6.14. The van der Waals surface area contributed by atoms with Crippen molar-refractivity contribution in [2.45, 2.75) is 11.8 Å². The Bertz CT molecular complexity index is 779. The first kappa shape index (κ1) is 14.2. The molecule has 3 rings (SSSR count). The number of aryl methyl sites for hydroxylation is 1. The summed E-state index contributed by atoms with van der Waals surface area (Å²) >= 11 is 8.89. The van der Waals surface area contributed by atoms with E-state index in [0.29, 0.717) is 11.1 Å². The highest BCUT2D eigenvalue weighted by atomic mass is 79.9. The molecule has 1 unspecified atom stereocenters. The van der Waals surface area contributed by atoms with Crippen molar-refractivity contribution in [2.75, 3.05) is 0 Å². The molecule has 0 N–H and O–H groups in total. The van der Waals surface area contributed by atoms with E-state index in [9.17, 15) is 4.39 Å². The summed E-state index contributed by atoms with van der Waals surface area (Å²) in [6, 6.07) is 11.6. The van der Waals surface area contributed by atoms with Gasteiger partial charge < -0.3 is 0 Å². The third kappa shape index (κ3) is 2.34. The molecule has 0 saturated heterocycles. The molecule has 0 fully saturated rings. The maximum atomic E-state index is 14.3. The van der Waals surface area contributed by atoms with Gasteiger partial charge in [-0.1, -0.05) is 46.3 Å². The Balaban J connectivity index is 2.16. The van der Waals surface area contributed by atoms with Crippen molar-refractivity contribution < 1.29 is 4.39 Å². The molecule has 1 atom stereocenters. The van der Waals surface area contributed by atoms with E-state index >= 15 is 0 Å². The summed E-state index contributed by atoms with van der Waals surface area (Å²) in [6.45, 7) is 1.79. The van der Waals surface area contributed by atoms with Crippen LogP contribution in [0.2, 0.25) is 0 Å². The molecule has 0 amide bonds. The van der Waals surface area contributed by atoms with Crippen molar-refractivity contribution in [1.29, 1.82) is 0 Å². The monoisotopic (exact) mass is 412 g/mol. The van der Waals surface area contributed by atoms with Crippen molar-refractivity contribution in [1.82, 2.24) is 0 Å². The Labute approximate surface area is 137 Å². The summed E-state index contributed by atoms with van der Waals surface area (Å²) in [5.41, 5.74) is 2.47. The van der Waals surface area contributed by atoms with E-state index in [1.165, 1.54) is 4.70 Å².